The number of aliphatic hydroxyl groups is 1. The number of fused-ring (bicyclic) bond motifs is 1. The summed E-state index contributed by atoms with van der Waals surface area (Å²) in [7, 11) is 0. The molecule has 2 saturated carbocycles. The molecule has 0 saturated heterocycles. The fraction of sp³-hybridized carbons (Fsp3) is 0.933. The Kier molecular flexibility index (Phi) is 3.37. The standard InChI is InChI=1S/C15H26O2/c1-9(2)12-6-5-11(4)15(17)8-7-10(3)14(16)13(12)15/h9-13,17H,5-8H2,1-4H3/t10-,11-,12+,13+,15-/m1/s1. The number of rotatable bonds is 1. The van der Waals surface area contributed by atoms with Crippen molar-refractivity contribution in [1.29, 1.82) is 0 Å². The third-order valence-corrected chi connectivity index (χ3v) is 5.38. The Morgan fingerprint density at radius 3 is 2.47 bits per heavy atom. The lowest BCUT2D eigenvalue weighted by Crippen LogP contribution is -2.58. The lowest BCUT2D eigenvalue weighted by atomic mass is 9.54. The van der Waals surface area contributed by atoms with E-state index in [1.807, 2.05) is 6.92 Å². The molecule has 2 fully saturated rings. The molecule has 2 rings (SSSR count). The molecule has 17 heavy (non-hydrogen) atoms. The van der Waals surface area contributed by atoms with E-state index in [4.69, 9.17) is 0 Å². The molecule has 2 aliphatic carbocycles. The fourth-order valence-electron chi connectivity index (χ4n) is 4.01. The van der Waals surface area contributed by atoms with Gasteiger partial charge in [0, 0.05) is 5.92 Å². The van der Waals surface area contributed by atoms with E-state index in [1.54, 1.807) is 0 Å². The lowest BCUT2D eigenvalue weighted by molar-refractivity contribution is -0.170. The van der Waals surface area contributed by atoms with Crippen LogP contribution in [0.4, 0.5) is 0 Å². The molecule has 2 aliphatic rings. The van der Waals surface area contributed by atoms with Crippen LogP contribution in [0.2, 0.25) is 0 Å². The molecule has 0 amide bonds. The molecule has 5 atom stereocenters. The second-order valence-corrected chi connectivity index (χ2v) is 6.70. The zero-order chi connectivity index (χ0) is 12.8. The Morgan fingerprint density at radius 1 is 1.24 bits per heavy atom. The van der Waals surface area contributed by atoms with E-state index in [-0.39, 0.29) is 17.8 Å². The Labute approximate surface area is 105 Å². The van der Waals surface area contributed by atoms with Crippen molar-refractivity contribution in [2.75, 3.05) is 0 Å². The summed E-state index contributed by atoms with van der Waals surface area (Å²) in [6.45, 7) is 8.52. The zero-order valence-electron chi connectivity index (χ0n) is 11.6. The molecular weight excluding hydrogens is 212 g/mol. The Balaban J connectivity index is 2.35. The van der Waals surface area contributed by atoms with E-state index in [2.05, 4.69) is 20.8 Å². The van der Waals surface area contributed by atoms with E-state index in [0.29, 0.717) is 17.6 Å². The summed E-state index contributed by atoms with van der Waals surface area (Å²) >= 11 is 0. The third kappa shape index (κ3) is 1.95. The van der Waals surface area contributed by atoms with Crippen LogP contribution in [0.5, 0.6) is 0 Å². The minimum Gasteiger partial charge on any atom is -0.389 e. The minimum atomic E-state index is -0.712. The number of carbonyl (C=O) groups excluding carboxylic acids is 1. The lowest BCUT2D eigenvalue weighted by Gasteiger charge is -2.52. The van der Waals surface area contributed by atoms with Crippen molar-refractivity contribution in [1.82, 2.24) is 0 Å². The molecule has 0 aromatic heterocycles. The highest BCUT2D eigenvalue weighted by Gasteiger charge is 2.55. The van der Waals surface area contributed by atoms with Crippen molar-refractivity contribution in [2.45, 2.75) is 59.0 Å². The van der Waals surface area contributed by atoms with E-state index < -0.39 is 5.60 Å². The maximum atomic E-state index is 12.5. The first-order valence-electron chi connectivity index (χ1n) is 7.14. The second kappa shape index (κ2) is 4.38. The van der Waals surface area contributed by atoms with Crippen LogP contribution in [-0.2, 0) is 4.79 Å². The summed E-state index contributed by atoms with van der Waals surface area (Å²) in [6.07, 6.45) is 3.84. The minimum absolute atomic E-state index is 0.102. The van der Waals surface area contributed by atoms with Crippen molar-refractivity contribution in [3.8, 4) is 0 Å². The molecule has 98 valence electrons. The van der Waals surface area contributed by atoms with Gasteiger partial charge in [-0.05, 0) is 43.4 Å². The van der Waals surface area contributed by atoms with Gasteiger partial charge in [-0.2, -0.15) is 0 Å². The Hall–Kier alpha value is -0.370. The zero-order valence-corrected chi connectivity index (χ0v) is 11.6. The number of hydrogen-bond donors (Lipinski definition) is 1. The predicted molar refractivity (Wildman–Crippen MR) is 68.6 cm³/mol. The Bertz CT molecular complexity index is 310. The summed E-state index contributed by atoms with van der Waals surface area (Å²) in [5, 5.41) is 10.9. The third-order valence-electron chi connectivity index (χ3n) is 5.38. The summed E-state index contributed by atoms with van der Waals surface area (Å²) in [6, 6.07) is 0. The molecule has 0 aromatic carbocycles. The van der Waals surface area contributed by atoms with E-state index in [9.17, 15) is 9.90 Å². The van der Waals surface area contributed by atoms with Crippen molar-refractivity contribution in [2.24, 2.45) is 29.6 Å². The first kappa shape index (κ1) is 13.1. The molecule has 2 heteroatoms. The van der Waals surface area contributed by atoms with Gasteiger partial charge in [0.2, 0.25) is 0 Å². The van der Waals surface area contributed by atoms with Gasteiger partial charge in [0.05, 0.1) is 11.5 Å². The van der Waals surface area contributed by atoms with Crippen LogP contribution in [0.15, 0.2) is 0 Å². The molecule has 0 unspecified atom stereocenters. The van der Waals surface area contributed by atoms with Gasteiger partial charge in [-0.1, -0.05) is 27.7 Å². The molecule has 0 spiro atoms. The highest BCUT2D eigenvalue weighted by molar-refractivity contribution is 5.85. The van der Waals surface area contributed by atoms with Gasteiger partial charge in [0.15, 0.2) is 0 Å². The van der Waals surface area contributed by atoms with Gasteiger partial charge in [-0.3, -0.25) is 4.79 Å². The van der Waals surface area contributed by atoms with Gasteiger partial charge in [0.1, 0.15) is 5.78 Å². The summed E-state index contributed by atoms with van der Waals surface area (Å²) in [5.74, 6) is 1.52. The highest BCUT2D eigenvalue weighted by atomic mass is 16.3. The summed E-state index contributed by atoms with van der Waals surface area (Å²) in [5.41, 5.74) is -0.712. The first-order chi connectivity index (χ1) is 7.88. The van der Waals surface area contributed by atoms with Crippen LogP contribution in [0.25, 0.3) is 0 Å². The van der Waals surface area contributed by atoms with E-state index in [1.165, 1.54) is 0 Å². The number of ketones is 1. The Morgan fingerprint density at radius 2 is 1.88 bits per heavy atom. The monoisotopic (exact) mass is 238 g/mol. The second-order valence-electron chi connectivity index (χ2n) is 6.70. The molecule has 2 nitrogen and oxygen atoms in total. The van der Waals surface area contributed by atoms with Gasteiger partial charge in [-0.25, -0.2) is 0 Å². The van der Waals surface area contributed by atoms with Crippen LogP contribution >= 0.6 is 0 Å². The van der Waals surface area contributed by atoms with Gasteiger partial charge >= 0.3 is 0 Å². The number of carbonyl (C=O) groups is 1. The molecule has 0 aromatic rings. The first-order valence-corrected chi connectivity index (χ1v) is 7.14. The van der Waals surface area contributed by atoms with E-state index >= 15 is 0 Å². The van der Waals surface area contributed by atoms with Gasteiger partial charge in [0.25, 0.3) is 0 Å². The molecular formula is C15H26O2. The maximum Gasteiger partial charge on any atom is 0.141 e. The average Bonchev–Trinajstić information content (AvgIpc) is 2.26. The fourth-order valence-corrected chi connectivity index (χ4v) is 4.01. The van der Waals surface area contributed by atoms with Crippen molar-refractivity contribution >= 4 is 5.78 Å². The van der Waals surface area contributed by atoms with Gasteiger partial charge < -0.3 is 5.11 Å². The summed E-state index contributed by atoms with van der Waals surface area (Å²) < 4.78 is 0. The van der Waals surface area contributed by atoms with Gasteiger partial charge in [-0.15, -0.1) is 0 Å². The topological polar surface area (TPSA) is 37.3 Å². The maximum absolute atomic E-state index is 12.5. The largest absolute Gasteiger partial charge is 0.389 e. The van der Waals surface area contributed by atoms with Crippen LogP contribution in [0.3, 0.4) is 0 Å². The SMILES string of the molecule is CC(C)[C@@H]1CC[C@@H](C)[C@]2(O)CC[C@@H](C)C(=O)[C@H]12. The molecule has 1 N–H and O–H groups in total. The van der Waals surface area contributed by atoms with Crippen LogP contribution in [0.1, 0.15) is 53.4 Å². The highest BCUT2D eigenvalue weighted by Crippen LogP contribution is 2.51. The van der Waals surface area contributed by atoms with Crippen molar-refractivity contribution in [3.05, 3.63) is 0 Å². The van der Waals surface area contributed by atoms with Crippen LogP contribution < -0.4 is 0 Å². The molecule has 0 bridgehead atoms. The van der Waals surface area contributed by atoms with Crippen molar-refractivity contribution < 1.29 is 9.90 Å². The molecule has 0 heterocycles. The molecule has 0 aliphatic heterocycles. The van der Waals surface area contributed by atoms with Crippen LogP contribution in [0, 0.1) is 29.6 Å². The number of hydrogen-bond acceptors (Lipinski definition) is 2. The number of Topliss-reactive ketones (excluding diaryl/α,β-unsaturated/α-hetero) is 1. The molecule has 0 radical (unpaired) electrons. The average molecular weight is 238 g/mol. The summed E-state index contributed by atoms with van der Waals surface area (Å²) in [4.78, 5) is 12.5. The quantitative estimate of drug-likeness (QED) is 0.762. The smallest absolute Gasteiger partial charge is 0.141 e. The predicted octanol–water partition coefficient (Wildman–Crippen LogP) is 3.03. The van der Waals surface area contributed by atoms with Crippen LogP contribution in [-0.4, -0.2) is 16.5 Å². The van der Waals surface area contributed by atoms with E-state index in [0.717, 1.165) is 25.7 Å². The van der Waals surface area contributed by atoms with Crippen molar-refractivity contribution in [3.63, 3.8) is 0 Å². The normalized spacial score (nSPS) is 47.1.